The van der Waals surface area contributed by atoms with Crippen LogP contribution in [0.15, 0.2) is 124 Å². The molecule has 0 saturated carbocycles. The molecule has 10 heteroatoms. The van der Waals surface area contributed by atoms with Gasteiger partial charge in [-0.3, -0.25) is 14.9 Å². The van der Waals surface area contributed by atoms with Crippen LogP contribution in [-0.2, 0) is 16.2 Å². The van der Waals surface area contributed by atoms with E-state index in [0.29, 0.717) is 33.8 Å². The Hall–Kier alpha value is -5.19. The Kier molecular flexibility index (Phi) is 9.66. The summed E-state index contributed by atoms with van der Waals surface area (Å²) in [5, 5.41) is 2.43. The van der Waals surface area contributed by atoms with Gasteiger partial charge in [0.05, 0.1) is 17.3 Å². The zero-order valence-corrected chi connectivity index (χ0v) is 32.0. The summed E-state index contributed by atoms with van der Waals surface area (Å²) in [4.78, 5) is 44.9. The average molecular weight is 834 g/mol. The number of imide groups is 2. The summed E-state index contributed by atoms with van der Waals surface area (Å²) >= 11 is 7.04. The largest absolute Gasteiger partial charge is 0.493 e. The summed E-state index contributed by atoms with van der Waals surface area (Å²) in [5.41, 5.74) is 7.43. The van der Waals surface area contributed by atoms with Crippen LogP contribution in [0.5, 0.6) is 11.5 Å². The Morgan fingerprint density at radius 3 is 1.98 bits per heavy atom. The van der Waals surface area contributed by atoms with E-state index >= 15 is 0 Å². The number of urea groups is 1. The summed E-state index contributed by atoms with van der Waals surface area (Å²) in [7, 11) is 1.53. The number of methoxy groups -OCH3 is 1. The molecule has 0 aliphatic carbocycles. The zero-order valence-electron chi connectivity index (χ0n) is 28.9. The molecule has 3 heterocycles. The monoisotopic (exact) mass is 831 g/mol. The number of hydrogen-bond acceptors (Lipinski definition) is 6. The normalized spacial score (nSPS) is 18.8. The second-order valence-electron chi connectivity index (χ2n) is 13.4. The van der Waals surface area contributed by atoms with Gasteiger partial charge in [-0.1, -0.05) is 88.7 Å². The quantitative estimate of drug-likeness (QED) is 0.124. The van der Waals surface area contributed by atoms with Gasteiger partial charge in [0, 0.05) is 35.1 Å². The topological polar surface area (TPSA) is 88.2 Å². The van der Waals surface area contributed by atoms with Gasteiger partial charge >= 0.3 is 6.03 Å². The fraction of sp³-hybridized carbons (Fsp3) is 0.186. The standard InChI is InChI=1S/C43H35Br2N3O5/c1-52-38-22-27(21-37(45)40(38)53-25-26-12-14-30(44)15-13-26)20-36-41(49)46-43(51)48(42(36)50)31-23-34-32(28-8-4-2-5-9-28)16-18-47-19-17-33(35(24-31)39(34)47)29-10-6-3-7-11-29/h2-15,20-24,32-33H,16-19,25H2,1H3,(H,46,49,51)/b36-20+/t32-,33-/m1/s1. The van der Waals surface area contributed by atoms with E-state index in [2.05, 4.69) is 66.3 Å². The molecule has 2 atom stereocenters. The highest BCUT2D eigenvalue weighted by Gasteiger charge is 2.40. The van der Waals surface area contributed by atoms with Crippen molar-refractivity contribution in [3.63, 3.8) is 0 Å². The van der Waals surface area contributed by atoms with E-state index in [1.807, 2.05) is 72.8 Å². The van der Waals surface area contributed by atoms with Gasteiger partial charge in [0.1, 0.15) is 12.2 Å². The molecular formula is C43H35Br2N3O5. The fourth-order valence-corrected chi connectivity index (χ4v) is 8.57. The van der Waals surface area contributed by atoms with Crippen molar-refractivity contribution in [2.24, 2.45) is 0 Å². The van der Waals surface area contributed by atoms with Gasteiger partial charge in [0.15, 0.2) is 11.5 Å². The van der Waals surface area contributed by atoms with Crippen molar-refractivity contribution >= 4 is 67.2 Å². The maximum absolute atomic E-state index is 14.4. The van der Waals surface area contributed by atoms with Crippen LogP contribution in [0.3, 0.4) is 0 Å². The fourth-order valence-electron chi connectivity index (χ4n) is 7.73. The first-order valence-electron chi connectivity index (χ1n) is 17.5. The van der Waals surface area contributed by atoms with E-state index in [0.717, 1.165) is 52.0 Å². The van der Waals surface area contributed by atoms with Crippen LogP contribution in [0.1, 0.15) is 58.1 Å². The third-order valence-corrected chi connectivity index (χ3v) is 11.3. The molecule has 0 spiro atoms. The highest BCUT2D eigenvalue weighted by atomic mass is 79.9. The number of carbonyl (C=O) groups is 3. The molecule has 8 rings (SSSR count). The molecule has 0 bridgehead atoms. The summed E-state index contributed by atoms with van der Waals surface area (Å²) in [6.45, 7) is 2.13. The number of hydrogen-bond donors (Lipinski definition) is 1. The van der Waals surface area contributed by atoms with E-state index in [9.17, 15) is 14.4 Å². The number of benzene rings is 5. The third kappa shape index (κ3) is 6.77. The molecule has 8 nitrogen and oxygen atoms in total. The highest BCUT2D eigenvalue weighted by molar-refractivity contribution is 9.10. The molecular weight excluding hydrogens is 798 g/mol. The maximum atomic E-state index is 14.4. The van der Waals surface area contributed by atoms with E-state index < -0.39 is 17.8 Å². The first-order chi connectivity index (χ1) is 25.8. The second-order valence-corrected chi connectivity index (χ2v) is 15.1. The molecule has 3 aliphatic rings. The van der Waals surface area contributed by atoms with Gasteiger partial charge in [-0.15, -0.1) is 0 Å². The van der Waals surface area contributed by atoms with Crippen LogP contribution in [0.4, 0.5) is 16.2 Å². The van der Waals surface area contributed by atoms with E-state index in [4.69, 9.17) is 9.47 Å². The number of carbonyl (C=O) groups excluding carboxylic acids is 3. The van der Waals surface area contributed by atoms with Crippen molar-refractivity contribution in [3.8, 4) is 11.5 Å². The Balaban J connectivity index is 1.18. The molecule has 5 aromatic rings. The lowest BCUT2D eigenvalue weighted by Gasteiger charge is -2.44. The molecule has 0 radical (unpaired) electrons. The average Bonchev–Trinajstić information content (AvgIpc) is 3.17. The minimum atomic E-state index is -0.782. The number of nitrogens with zero attached hydrogens (tertiary/aromatic N) is 2. The van der Waals surface area contributed by atoms with Gasteiger partial charge in [-0.05, 0) is 105 Å². The van der Waals surface area contributed by atoms with Crippen molar-refractivity contribution in [3.05, 3.63) is 157 Å². The molecule has 266 valence electrons. The van der Waals surface area contributed by atoms with E-state index in [-0.39, 0.29) is 17.4 Å². The number of nitrogens with one attached hydrogen (secondary N) is 1. The predicted octanol–water partition coefficient (Wildman–Crippen LogP) is 9.34. The molecule has 5 aromatic carbocycles. The minimum Gasteiger partial charge on any atom is -0.493 e. The molecule has 53 heavy (non-hydrogen) atoms. The minimum absolute atomic E-state index is 0.0737. The molecule has 1 N–H and O–H groups in total. The molecule has 3 aliphatic heterocycles. The number of anilines is 2. The van der Waals surface area contributed by atoms with Crippen LogP contribution in [-0.4, -0.2) is 38.0 Å². The number of barbiturate groups is 1. The molecule has 4 amide bonds. The predicted molar refractivity (Wildman–Crippen MR) is 213 cm³/mol. The van der Waals surface area contributed by atoms with Crippen molar-refractivity contribution in [2.75, 3.05) is 30.0 Å². The lowest BCUT2D eigenvalue weighted by Crippen LogP contribution is -2.54. The van der Waals surface area contributed by atoms with Gasteiger partial charge in [-0.25, -0.2) is 9.69 Å². The van der Waals surface area contributed by atoms with E-state index in [1.165, 1.54) is 30.0 Å². The number of amides is 4. The van der Waals surface area contributed by atoms with Crippen LogP contribution >= 0.6 is 31.9 Å². The summed E-state index contributed by atoms with van der Waals surface area (Å²) in [5.74, 6) is -0.428. The first-order valence-corrected chi connectivity index (χ1v) is 19.1. The highest BCUT2D eigenvalue weighted by Crippen LogP contribution is 2.50. The Morgan fingerprint density at radius 2 is 1.40 bits per heavy atom. The number of rotatable bonds is 8. The van der Waals surface area contributed by atoms with Crippen molar-refractivity contribution in [2.45, 2.75) is 31.3 Å². The Bertz CT molecular complexity index is 2190. The molecule has 0 aromatic heterocycles. The molecule has 1 saturated heterocycles. The van der Waals surface area contributed by atoms with Gasteiger partial charge in [0.2, 0.25) is 0 Å². The zero-order chi connectivity index (χ0) is 36.6. The molecule has 0 unspecified atom stereocenters. The lowest BCUT2D eigenvalue weighted by molar-refractivity contribution is -0.122. The first kappa shape index (κ1) is 34.9. The van der Waals surface area contributed by atoms with Crippen molar-refractivity contribution < 1.29 is 23.9 Å². The third-order valence-electron chi connectivity index (χ3n) is 10.2. The SMILES string of the molecule is COc1cc(/C=C2\C(=O)NC(=O)N(c3cc4c5c(c3)[C@@H](c3ccccc3)CCN5CC[C@@H]4c3ccccc3)C2=O)cc(Br)c1OCc1ccc(Br)cc1. The summed E-state index contributed by atoms with van der Waals surface area (Å²) in [6.07, 6.45) is 3.28. The lowest BCUT2D eigenvalue weighted by atomic mass is 9.76. The maximum Gasteiger partial charge on any atom is 0.335 e. The molecule has 1 fully saturated rings. The van der Waals surface area contributed by atoms with Crippen molar-refractivity contribution in [1.82, 2.24) is 5.32 Å². The Morgan fingerprint density at radius 1 is 0.792 bits per heavy atom. The van der Waals surface area contributed by atoms with Gasteiger partial charge in [-0.2, -0.15) is 0 Å². The smallest absolute Gasteiger partial charge is 0.335 e. The summed E-state index contributed by atoms with van der Waals surface area (Å²) in [6, 6.07) is 35.2. The van der Waals surface area contributed by atoms with Crippen LogP contribution in [0.2, 0.25) is 0 Å². The van der Waals surface area contributed by atoms with Crippen LogP contribution in [0, 0.1) is 0 Å². The van der Waals surface area contributed by atoms with Crippen LogP contribution in [0.25, 0.3) is 6.08 Å². The second kappa shape index (κ2) is 14.7. The van der Waals surface area contributed by atoms with Gasteiger partial charge < -0.3 is 14.4 Å². The number of halogens is 2. The Labute approximate surface area is 324 Å². The van der Waals surface area contributed by atoms with E-state index in [1.54, 1.807) is 12.1 Å². The summed E-state index contributed by atoms with van der Waals surface area (Å²) < 4.78 is 13.3. The number of ether oxygens (including phenoxy) is 2. The van der Waals surface area contributed by atoms with Gasteiger partial charge in [0.25, 0.3) is 11.8 Å². The van der Waals surface area contributed by atoms with Crippen molar-refractivity contribution in [1.29, 1.82) is 0 Å². The van der Waals surface area contributed by atoms with Crippen LogP contribution < -0.4 is 24.6 Å².